The van der Waals surface area contributed by atoms with Crippen LogP contribution in [0.15, 0.2) is 0 Å². The van der Waals surface area contributed by atoms with Gasteiger partial charge < -0.3 is 9.47 Å². The van der Waals surface area contributed by atoms with E-state index in [2.05, 4.69) is 6.92 Å². The van der Waals surface area contributed by atoms with E-state index in [0.717, 1.165) is 32.4 Å². The van der Waals surface area contributed by atoms with E-state index in [9.17, 15) is 4.79 Å². The molecule has 0 saturated carbocycles. The van der Waals surface area contributed by atoms with Crippen LogP contribution in [0.1, 0.15) is 26.2 Å². The summed E-state index contributed by atoms with van der Waals surface area (Å²) in [7, 11) is 3.37. The maximum atomic E-state index is 11.4. The third kappa shape index (κ3) is 3.47. The summed E-state index contributed by atoms with van der Waals surface area (Å²) in [6.45, 7) is 3.76. The van der Waals surface area contributed by atoms with Crippen LogP contribution in [-0.4, -0.2) is 50.3 Å². The third-order valence-electron chi connectivity index (χ3n) is 2.83. The van der Waals surface area contributed by atoms with Crippen LogP contribution >= 0.6 is 0 Å². The lowest BCUT2D eigenvalue weighted by Crippen LogP contribution is -2.33. The maximum absolute atomic E-state index is 11.4. The van der Waals surface area contributed by atoms with E-state index in [0.29, 0.717) is 0 Å². The monoisotopic (exact) mass is 215 g/mol. The number of unbranched alkanes of at least 4 members (excludes halogenated alkanes) is 1. The summed E-state index contributed by atoms with van der Waals surface area (Å²) >= 11 is 0. The minimum Gasteiger partial charge on any atom is -0.468 e. The summed E-state index contributed by atoms with van der Waals surface area (Å²) in [5.41, 5.74) is 0. The van der Waals surface area contributed by atoms with Gasteiger partial charge in [0.2, 0.25) is 0 Å². The number of likely N-dealkylation sites (N-methyl/N-ethyl adjacent to an activating group) is 1. The first-order chi connectivity index (χ1) is 7.19. The molecule has 0 N–H and O–H groups in total. The van der Waals surface area contributed by atoms with Gasteiger partial charge in [-0.3, -0.25) is 9.69 Å². The minimum atomic E-state index is -0.154. The highest BCUT2D eigenvalue weighted by Crippen LogP contribution is 2.19. The summed E-state index contributed by atoms with van der Waals surface area (Å²) in [6, 6.07) is -0.123. The highest BCUT2D eigenvalue weighted by molar-refractivity contribution is 5.76. The van der Waals surface area contributed by atoms with Gasteiger partial charge in [-0.1, -0.05) is 13.3 Å². The smallest absolute Gasteiger partial charge is 0.323 e. The molecular formula is C11H21NO3. The van der Waals surface area contributed by atoms with Crippen molar-refractivity contribution in [3.63, 3.8) is 0 Å². The Morgan fingerprint density at radius 3 is 2.87 bits per heavy atom. The van der Waals surface area contributed by atoms with Gasteiger partial charge in [0, 0.05) is 19.6 Å². The molecule has 0 bridgehead atoms. The van der Waals surface area contributed by atoms with Gasteiger partial charge in [0.1, 0.15) is 6.04 Å². The molecule has 4 heteroatoms. The lowest BCUT2D eigenvalue weighted by Gasteiger charge is -2.15. The Balaban J connectivity index is 2.31. The molecule has 2 atom stereocenters. The average molecular weight is 215 g/mol. The van der Waals surface area contributed by atoms with Gasteiger partial charge in [0.25, 0.3) is 0 Å². The molecule has 0 spiro atoms. The molecule has 0 aromatic carbocycles. The van der Waals surface area contributed by atoms with Crippen LogP contribution in [0.3, 0.4) is 0 Å². The second kappa shape index (κ2) is 6.08. The SMILES string of the molecule is CCCCOC1CC(C(=O)OC)N(C)C1. The Labute approximate surface area is 91.5 Å². The number of carbonyl (C=O) groups is 1. The molecule has 1 fully saturated rings. The first-order valence-electron chi connectivity index (χ1n) is 5.58. The highest BCUT2D eigenvalue weighted by Gasteiger charge is 2.35. The van der Waals surface area contributed by atoms with Gasteiger partial charge in [-0.05, 0) is 13.5 Å². The number of hydrogen-bond donors (Lipinski definition) is 0. The van der Waals surface area contributed by atoms with Crippen LogP contribution < -0.4 is 0 Å². The van der Waals surface area contributed by atoms with Crippen LogP contribution in [0.2, 0.25) is 0 Å². The van der Waals surface area contributed by atoms with Crippen molar-refractivity contribution in [3.8, 4) is 0 Å². The molecule has 1 aliphatic rings. The van der Waals surface area contributed by atoms with E-state index < -0.39 is 0 Å². The van der Waals surface area contributed by atoms with E-state index >= 15 is 0 Å². The molecule has 15 heavy (non-hydrogen) atoms. The Hall–Kier alpha value is -0.610. The van der Waals surface area contributed by atoms with Crippen molar-refractivity contribution < 1.29 is 14.3 Å². The van der Waals surface area contributed by atoms with E-state index in [1.807, 2.05) is 11.9 Å². The van der Waals surface area contributed by atoms with Crippen LogP contribution in [-0.2, 0) is 14.3 Å². The summed E-state index contributed by atoms with van der Waals surface area (Å²) in [5, 5.41) is 0. The van der Waals surface area contributed by atoms with Crippen LogP contribution in [0, 0.1) is 0 Å². The van der Waals surface area contributed by atoms with Gasteiger partial charge >= 0.3 is 5.97 Å². The van der Waals surface area contributed by atoms with Gasteiger partial charge in [0.15, 0.2) is 0 Å². The van der Waals surface area contributed by atoms with E-state index in [1.54, 1.807) is 0 Å². The highest BCUT2D eigenvalue weighted by atomic mass is 16.5. The number of rotatable bonds is 5. The zero-order valence-electron chi connectivity index (χ0n) is 9.86. The maximum Gasteiger partial charge on any atom is 0.323 e. The molecular weight excluding hydrogens is 194 g/mol. The van der Waals surface area contributed by atoms with E-state index in [1.165, 1.54) is 7.11 Å². The predicted molar refractivity (Wildman–Crippen MR) is 57.7 cm³/mol. The molecule has 0 aliphatic carbocycles. The van der Waals surface area contributed by atoms with E-state index in [4.69, 9.17) is 9.47 Å². The zero-order chi connectivity index (χ0) is 11.3. The Bertz CT molecular complexity index is 208. The van der Waals surface area contributed by atoms with Crippen molar-refractivity contribution in [2.45, 2.75) is 38.3 Å². The second-order valence-electron chi connectivity index (χ2n) is 4.06. The fourth-order valence-electron chi connectivity index (χ4n) is 1.88. The molecule has 0 radical (unpaired) electrons. The molecule has 2 unspecified atom stereocenters. The minimum absolute atomic E-state index is 0.123. The summed E-state index contributed by atoms with van der Waals surface area (Å²) < 4.78 is 10.4. The third-order valence-corrected chi connectivity index (χ3v) is 2.83. The van der Waals surface area contributed by atoms with Gasteiger partial charge in [0.05, 0.1) is 13.2 Å². The summed E-state index contributed by atoms with van der Waals surface area (Å²) in [6.07, 6.45) is 3.17. The quantitative estimate of drug-likeness (QED) is 0.507. The molecule has 0 aromatic heterocycles. The first kappa shape index (κ1) is 12.5. The molecule has 1 aliphatic heterocycles. The van der Waals surface area contributed by atoms with Crippen LogP contribution in [0.25, 0.3) is 0 Å². The molecule has 0 aromatic rings. The fraction of sp³-hybridized carbons (Fsp3) is 0.909. The summed E-state index contributed by atoms with van der Waals surface area (Å²) in [4.78, 5) is 13.4. The largest absolute Gasteiger partial charge is 0.468 e. The lowest BCUT2D eigenvalue weighted by molar-refractivity contribution is -0.145. The van der Waals surface area contributed by atoms with Crippen molar-refractivity contribution >= 4 is 5.97 Å². The van der Waals surface area contributed by atoms with Crippen LogP contribution in [0.5, 0.6) is 0 Å². The second-order valence-corrected chi connectivity index (χ2v) is 4.06. The fourth-order valence-corrected chi connectivity index (χ4v) is 1.88. The number of ether oxygens (including phenoxy) is 2. The van der Waals surface area contributed by atoms with Crippen LogP contribution in [0.4, 0.5) is 0 Å². The molecule has 4 nitrogen and oxygen atoms in total. The normalized spacial score (nSPS) is 26.9. The number of nitrogens with zero attached hydrogens (tertiary/aromatic N) is 1. The van der Waals surface area contributed by atoms with Gasteiger partial charge in [-0.2, -0.15) is 0 Å². The molecule has 88 valence electrons. The zero-order valence-corrected chi connectivity index (χ0v) is 9.86. The van der Waals surface area contributed by atoms with Crippen molar-refractivity contribution in [2.75, 3.05) is 27.3 Å². The Morgan fingerprint density at radius 2 is 2.27 bits per heavy atom. The van der Waals surface area contributed by atoms with Crippen molar-refractivity contribution in [1.29, 1.82) is 0 Å². The van der Waals surface area contributed by atoms with Gasteiger partial charge in [-0.25, -0.2) is 0 Å². The van der Waals surface area contributed by atoms with Gasteiger partial charge in [-0.15, -0.1) is 0 Å². The molecule has 1 rings (SSSR count). The molecule has 1 heterocycles. The Morgan fingerprint density at radius 1 is 1.53 bits per heavy atom. The first-order valence-corrected chi connectivity index (χ1v) is 5.58. The van der Waals surface area contributed by atoms with Crippen molar-refractivity contribution in [3.05, 3.63) is 0 Å². The topological polar surface area (TPSA) is 38.8 Å². The standard InChI is InChI=1S/C11H21NO3/c1-4-5-6-15-9-7-10(11(13)14-3)12(2)8-9/h9-10H,4-8H2,1-3H3. The number of hydrogen-bond acceptors (Lipinski definition) is 4. The Kier molecular flexibility index (Phi) is 5.05. The molecule has 0 amide bonds. The average Bonchev–Trinajstić information content (AvgIpc) is 2.59. The number of methoxy groups -OCH3 is 1. The predicted octanol–water partition coefficient (Wildman–Crippen LogP) is 1.05. The number of carbonyl (C=O) groups excluding carboxylic acids is 1. The van der Waals surface area contributed by atoms with Crippen molar-refractivity contribution in [2.24, 2.45) is 0 Å². The summed E-state index contributed by atoms with van der Waals surface area (Å²) in [5.74, 6) is -0.154. The van der Waals surface area contributed by atoms with Crippen molar-refractivity contribution in [1.82, 2.24) is 4.90 Å². The lowest BCUT2D eigenvalue weighted by atomic mass is 10.2. The number of esters is 1. The molecule has 1 saturated heterocycles. The van der Waals surface area contributed by atoms with E-state index in [-0.39, 0.29) is 18.1 Å². The number of likely N-dealkylation sites (tertiary alicyclic amines) is 1.